The number of aryl methyl sites for hydroxylation is 1. The maximum Gasteiger partial charge on any atom is 0.319 e. The molecule has 0 radical (unpaired) electrons. The lowest BCUT2D eigenvalue weighted by molar-refractivity contribution is 0.171. The normalized spacial score (nSPS) is 18.9. The number of hydrogen-bond acceptors (Lipinski definition) is 4. The Hall–Kier alpha value is -2.70. The van der Waals surface area contributed by atoms with Gasteiger partial charge in [0.05, 0.1) is 6.20 Å². The molecule has 0 saturated heterocycles. The van der Waals surface area contributed by atoms with E-state index in [0.29, 0.717) is 30.4 Å². The van der Waals surface area contributed by atoms with Gasteiger partial charge < -0.3 is 20.1 Å². The number of hydrogen-bond donors (Lipinski definition) is 3. The molecule has 0 spiro atoms. The van der Waals surface area contributed by atoms with Gasteiger partial charge in [-0.15, -0.1) is 0 Å². The topological polar surface area (TPSA) is 88.3 Å². The van der Waals surface area contributed by atoms with Gasteiger partial charge in [0.1, 0.15) is 13.2 Å². The monoisotopic (exact) mass is 314 g/mol. The molecule has 0 unspecified atom stereocenters. The van der Waals surface area contributed by atoms with Gasteiger partial charge in [0.15, 0.2) is 11.5 Å². The molecular weight excluding hydrogens is 296 g/mol. The first-order valence-electron chi connectivity index (χ1n) is 7.76. The summed E-state index contributed by atoms with van der Waals surface area (Å²) in [4.78, 5) is 12.2. The van der Waals surface area contributed by atoms with Crippen LogP contribution >= 0.6 is 0 Å². The number of nitrogens with one attached hydrogen (secondary N) is 3. The molecule has 7 nitrogen and oxygen atoms in total. The van der Waals surface area contributed by atoms with Gasteiger partial charge in [0.25, 0.3) is 0 Å². The number of aromatic amines is 1. The average molecular weight is 314 g/mol. The fourth-order valence-corrected chi connectivity index (χ4v) is 3.01. The highest BCUT2D eigenvalue weighted by atomic mass is 16.6. The molecule has 2 heterocycles. The van der Waals surface area contributed by atoms with Crippen LogP contribution in [0.5, 0.6) is 11.5 Å². The number of amides is 2. The average Bonchev–Trinajstić information content (AvgIpc) is 3.02. The SMILES string of the molecule is O=C(Nc1ccc2c(c1)OCCO2)N[C@H]1CCc2[nH]ncc2C1. The zero-order valence-electron chi connectivity index (χ0n) is 12.6. The van der Waals surface area contributed by atoms with Crippen LogP contribution in [0, 0.1) is 0 Å². The second kappa shape index (κ2) is 5.83. The summed E-state index contributed by atoms with van der Waals surface area (Å²) in [6.07, 6.45) is 4.45. The Morgan fingerprint density at radius 1 is 1.26 bits per heavy atom. The minimum atomic E-state index is -0.210. The summed E-state index contributed by atoms with van der Waals surface area (Å²) in [7, 11) is 0. The van der Waals surface area contributed by atoms with Crippen LogP contribution in [0.4, 0.5) is 10.5 Å². The van der Waals surface area contributed by atoms with Crippen molar-refractivity contribution < 1.29 is 14.3 Å². The van der Waals surface area contributed by atoms with E-state index in [1.54, 1.807) is 6.07 Å². The molecule has 1 atom stereocenters. The van der Waals surface area contributed by atoms with Gasteiger partial charge in [0.2, 0.25) is 0 Å². The van der Waals surface area contributed by atoms with E-state index in [1.807, 2.05) is 18.3 Å². The Morgan fingerprint density at radius 2 is 2.13 bits per heavy atom. The molecule has 3 N–H and O–H groups in total. The number of aromatic nitrogens is 2. The van der Waals surface area contributed by atoms with Crippen molar-refractivity contribution in [1.82, 2.24) is 15.5 Å². The molecule has 23 heavy (non-hydrogen) atoms. The number of fused-ring (bicyclic) bond motifs is 2. The molecule has 2 aromatic rings. The molecule has 1 aliphatic heterocycles. The highest BCUT2D eigenvalue weighted by Crippen LogP contribution is 2.32. The summed E-state index contributed by atoms with van der Waals surface area (Å²) in [5.74, 6) is 1.37. The predicted octanol–water partition coefficient (Wildman–Crippen LogP) is 1.86. The number of nitrogens with zero attached hydrogens (tertiary/aromatic N) is 1. The minimum absolute atomic E-state index is 0.123. The lowest BCUT2D eigenvalue weighted by Crippen LogP contribution is -2.41. The van der Waals surface area contributed by atoms with E-state index < -0.39 is 0 Å². The summed E-state index contributed by atoms with van der Waals surface area (Å²) < 4.78 is 11.0. The third kappa shape index (κ3) is 2.94. The quantitative estimate of drug-likeness (QED) is 0.789. The van der Waals surface area contributed by atoms with Gasteiger partial charge in [0, 0.05) is 23.5 Å². The van der Waals surface area contributed by atoms with Crippen LogP contribution in [0.2, 0.25) is 0 Å². The first-order chi connectivity index (χ1) is 11.3. The molecular formula is C16H18N4O3. The molecule has 2 aliphatic rings. The van der Waals surface area contributed by atoms with E-state index in [-0.39, 0.29) is 12.1 Å². The number of urea groups is 1. The molecule has 0 bridgehead atoms. The maximum atomic E-state index is 12.2. The summed E-state index contributed by atoms with van der Waals surface area (Å²) >= 11 is 0. The van der Waals surface area contributed by atoms with Gasteiger partial charge in [-0.25, -0.2) is 4.79 Å². The smallest absolute Gasteiger partial charge is 0.319 e. The number of H-pyrrole nitrogens is 1. The third-order valence-corrected chi connectivity index (χ3v) is 4.15. The first-order valence-corrected chi connectivity index (χ1v) is 7.76. The molecule has 120 valence electrons. The maximum absolute atomic E-state index is 12.2. The molecule has 1 aliphatic carbocycles. The predicted molar refractivity (Wildman–Crippen MR) is 84.0 cm³/mol. The molecule has 0 saturated carbocycles. The van der Waals surface area contributed by atoms with Crippen LogP contribution in [-0.4, -0.2) is 35.5 Å². The Balaban J connectivity index is 1.37. The number of carbonyl (C=O) groups excluding carboxylic acids is 1. The van der Waals surface area contributed by atoms with Crippen LogP contribution in [0.25, 0.3) is 0 Å². The van der Waals surface area contributed by atoms with Crippen molar-refractivity contribution in [3.05, 3.63) is 35.7 Å². The number of ether oxygens (including phenoxy) is 2. The van der Waals surface area contributed by atoms with Crippen molar-refractivity contribution in [1.29, 1.82) is 0 Å². The van der Waals surface area contributed by atoms with Crippen LogP contribution < -0.4 is 20.1 Å². The lowest BCUT2D eigenvalue weighted by Gasteiger charge is -2.23. The Morgan fingerprint density at radius 3 is 3.04 bits per heavy atom. The summed E-state index contributed by atoms with van der Waals surface area (Å²) in [5, 5.41) is 12.9. The fourth-order valence-electron chi connectivity index (χ4n) is 3.01. The molecule has 0 fully saturated rings. The summed E-state index contributed by atoms with van der Waals surface area (Å²) in [6.45, 7) is 1.08. The minimum Gasteiger partial charge on any atom is -0.486 e. The number of rotatable bonds is 2. The Labute approximate surface area is 133 Å². The first kappa shape index (κ1) is 13.9. The van der Waals surface area contributed by atoms with Crippen molar-refractivity contribution in [3.8, 4) is 11.5 Å². The van der Waals surface area contributed by atoms with Crippen LogP contribution in [0.3, 0.4) is 0 Å². The molecule has 4 rings (SSSR count). The molecule has 1 aromatic carbocycles. The zero-order chi connectivity index (χ0) is 15.6. The summed E-state index contributed by atoms with van der Waals surface area (Å²) in [5.41, 5.74) is 3.04. The molecule has 7 heteroatoms. The standard InChI is InChI=1S/C16H18N4O3/c21-16(18-11-1-3-13-10(7-11)9-17-20-13)19-12-2-4-14-15(8-12)23-6-5-22-14/h2,4,8-9,11H,1,3,5-7H2,(H,17,20)(H2,18,19,21)/t11-/m0/s1. The van der Waals surface area contributed by atoms with E-state index in [1.165, 1.54) is 11.3 Å². The second-order valence-corrected chi connectivity index (χ2v) is 5.77. The van der Waals surface area contributed by atoms with Crippen molar-refractivity contribution in [3.63, 3.8) is 0 Å². The van der Waals surface area contributed by atoms with E-state index in [4.69, 9.17) is 9.47 Å². The second-order valence-electron chi connectivity index (χ2n) is 5.77. The Kier molecular flexibility index (Phi) is 3.53. The fraction of sp³-hybridized carbons (Fsp3) is 0.375. The van der Waals surface area contributed by atoms with Gasteiger partial charge in [-0.3, -0.25) is 5.10 Å². The van der Waals surface area contributed by atoms with E-state index in [2.05, 4.69) is 20.8 Å². The van der Waals surface area contributed by atoms with Gasteiger partial charge in [-0.2, -0.15) is 5.10 Å². The number of carbonyl (C=O) groups is 1. The summed E-state index contributed by atoms with van der Waals surface area (Å²) in [6, 6.07) is 5.31. The van der Waals surface area contributed by atoms with Gasteiger partial charge in [-0.05, 0) is 37.0 Å². The van der Waals surface area contributed by atoms with Crippen LogP contribution in [-0.2, 0) is 12.8 Å². The van der Waals surface area contributed by atoms with Crippen molar-refractivity contribution >= 4 is 11.7 Å². The molecule has 2 amide bonds. The number of anilines is 1. The van der Waals surface area contributed by atoms with Crippen LogP contribution in [0.15, 0.2) is 24.4 Å². The van der Waals surface area contributed by atoms with E-state index in [9.17, 15) is 4.79 Å². The third-order valence-electron chi connectivity index (χ3n) is 4.15. The van der Waals surface area contributed by atoms with Crippen molar-refractivity contribution in [2.24, 2.45) is 0 Å². The van der Waals surface area contributed by atoms with E-state index in [0.717, 1.165) is 19.3 Å². The van der Waals surface area contributed by atoms with Gasteiger partial charge in [-0.1, -0.05) is 0 Å². The van der Waals surface area contributed by atoms with Crippen molar-refractivity contribution in [2.45, 2.75) is 25.3 Å². The van der Waals surface area contributed by atoms with E-state index >= 15 is 0 Å². The highest BCUT2D eigenvalue weighted by Gasteiger charge is 2.21. The van der Waals surface area contributed by atoms with Crippen LogP contribution in [0.1, 0.15) is 17.7 Å². The molecule has 1 aromatic heterocycles. The van der Waals surface area contributed by atoms with Gasteiger partial charge >= 0.3 is 6.03 Å². The Bertz CT molecular complexity index is 728. The largest absolute Gasteiger partial charge is 0.486 e. The number of benzene rings is 1. The highest BCUT2D eigenvalue weighted by molar-refractivity contribution is 5.89. The van der Waals surface area contributed by atoms with Crippen molar-refractivity contribution in [2.75, 3.05) is 18.5 Å². The zero-order valence-corrected chi connectivity index (χ0v) is 12.6. The lowest BCUT2D eigenvalue weighted by atomic mass is 9.94.